The molecule has 4 rings (SSSR count). The minimum atomic E-state index is -5.06. The van der Waals surface area contributed by atoms with Gasteiger partial charge < -0.3 is 10.0 Å². The number of pyridine rings is 1. The van der Waals surface area contributed by atoms with E-state index in [1.165, 1.54) is 0 Å². The number of Topliss-reactive ketones (excluding diaryl/α,β-unsaturated/α-hetero) is 1. The van der Waals surface area contributed by atoms with Gasteiger partial charge in [0.1, 0.15) is 0 Å². The van der Waals surface area contributed by atoms with Crippen LogP contribution in [0.5, 0.6) is 0 Å². The lowest BCUT2D eigenvalue weighted by atomic mass is 9.84. The number of carbonyl (C=O) groups excluding carboxylic acids is 2. The van der Waals surface area contributed by atoms with E-state index in [2.05, 4.69) is 10.1 Å². The van der Waals surface area contributed by atoms with Gasteiger partial charge in [-0.15, -0.1) is 0 Å². The number of carbonyl (C=O) groups is 3. The van der Waals surface area contributed by atoms with Crippen LogP contribution in [0.1, 0.15) is 83.8 Å². The third kappa shape index (κ3) is 6.85. The van der Waals surface area contributed by atoms with E-state index in [0.717, 1.165) is 23.5 Å². The minimum Gasteiger partial charge on any atom is -0.481 e. The molecule has 0 saturated heterocycles. The second-order valence-electron chi connectivity index (χ2n) is 10.6. The quantitative estimate of drug-likeness (QED) is 0.261. The molecule has 1 amide bonds. The number of hydrogen-bond acceptors (Lipinski definition) is 5. The van der Waals surface area contributed by atoms with Crippen LogP contribution in [0, 0.1) is 11.8 Å². The number of aliphatic carboxylic acids is 1. The van der Waals surface area contributed by atoms with Crippen molar-refractivity contribution >= 4 is 40.9 Å². The third-order valence-corrected chi connectivity index (χ3v) is 8.57. The van der Waals surface area contributed by atoms with Crippen molar-refractivity contribution in [3.8, 4) is 0 Å². The Balaban J connectivity index is 1.69. The highest BCUT2D eigenvalue weighted by atomic mass is 35.5. The van der Waals surface area contributed by atoms with E-state index < -0.39 is 71.7 Å². The van der Waals surface area contributed by atoms with Gasteiger partial charge in [-0.1, -0.05) is 23.2 Å². The Bertz CT molecular complexity index is 1310. The fourth-order valence-electron chi connectivity index (χ4n) is 5.79. The SMILES string of the molecule is O=C(CN(C(=O)c1cnn([C@H]2CC[C@H](C(=O)O)CC2)c1C(F)(F)F)[C@H]1CC[C@@H](C(F)(F)F)CC1)c1c(Cl)cncc1Cl. The maximum absolute atomic E-state index is 14.4. The van der Waals surface area contributed by atoms with E-state index in [1.54, 1.807) is 0 Å². The third-order valence-electron chi connectivity index (χ3n) is 7.99. The van der Waals surface area contributed by atoms with E-state index in [9.17, 15) is 45.8 Å². The molecule has 0 radical (unpaired) electrons. The van der Waals surface area contributed by atoms with Gasteiger partial charge in [0.25, 0.3) is 5.91 Å². The van der Waals surface area contributed by atoms with Crippen molar-refractivity contribution in [3.63, 3.8) is 0 Å². The summed E-state index contributed by atoms with van der Waals surface area (Å²) >= 11 is 12.1. The predicted molar refractivity (Wildman–Crippen MR) is 137 cm³/mol. The molecule has 2 aromatic rings. The molecule has 8 nitrogen and oxygen atoms in total. The number of rotatable bonds is 7. The first-order valence-electron chi connectivity index (χ1n) is 13.2. The van der Waals surface area contributed by atoms with Crippen LogP contribution in [-0.4, -0.2) is 61.2 Å². The number of ketones is 1. The van der Waals surface area contributed by atoms with Crippen molar-refractivity contribution in [1.29, 1.82) is 0 Å². The average molecular weight is 643 g/mol. The highest BCUT2D eigenvalue weighted by Gasteiger charge is 2.46. The lowest BCUT2D eigenvalue weighted by Crippen LogP contribution is -2.46. The fourth-order valence-corrected chi connectivity index (χ4v) is 6.37. The Morgan fingerprint density at radius 2 is 1.48 bits per heavy atom. The smallest absolute Gasteiger partial charge is 0.433 e. The van der Waals surface area contributed by atoms with Crippen molar-refractivity contribution in [2.45, 2.75) is 75.8 Å². The molecule has 0 aliphatic heterocycles. The molecule has 42 heavy (non-hydrogen) atoms. The summed E-state index contributed by atoms with van der Waals surface area (Å²) in [6.45, 7) is -0.796. The molecule has 0 aromatic carbocycles. The van der Waals surface area contributed by atoms with Gasteiger partial charge in [0.2, 0.25) is 0 Å². The molecular formula is C26H26Cl2F6N4O4. The van der Waals surface area contributed by atoms with Crippen LogP contribution in [0.4, 0.5) is 26.3 Å². The lowest BCUT2D eigenvalue weighted by Gasteiger charge is -2.37. The maximum Gasteiger partial charge on any atom is 0.433 e. The van der Waals surface area contributed by atoms with Gasteiger partial charge in [0.15, 0.2) is 11.5 Å². The Morgan fingerprint density at radius 3 is 1.98 bits per heavy atom. The standard InChI is InChI=1S/C26H26Cl2F6N4O4/c27-18-10-35-11-19(28)21(18)20(39)12-37(15-7-3-14(4-8-15)25(29,30)31)23(40)17-9-36-38(22(17)26(32,33)34)16-5-1-13(2-6-16)24(41)42/h9-11,13-16H,1-8,12H2,(H,41,42)/t13-,14-,15+,16-. The summed E-state index contributed by atoms with van der Waals surface area (Å²) in [6.07, 6.45) is -7.31. The molecule has 0 spiro atoms. The van der Waals surface area contributed by atoms with Crippen LogP contribution in [0.15, 0.2) is 18.6 Å². The summed E-state index contributed by atoms with van der Waals surface area (Å²) in [7, 11) is 0. The minimum absolute atomic E-state index is 0.0814. The second kappa shape index (κ2) is 12.4. The van der Waals surface area contributed by atoms with Crippen LogP contribution < -0.4 is 0 Å². The Labute approximate surface area is 246 Å². The van der Waals surface area contributed by atoms with Gasteiger partial charge >= 0.3 is 18.3 Å². The number of carboxylic acids is 1. The van der Waals surface area contributed by atoms with E-state index in [0.29, 0.717) is 4.68 Å². The number of hydrogen-bond donors (Lipinski definition) is 1. The van der Waals surface area contributed by atoms with Gasteiger partial charge in [-0.05, 0) is 51.4 Å². The molecule has 1 N–H and O–H groups in total. The van der Waals surface area contributed by atoms with Crippen molar-refractivity contribution < 1.29 is 45.8 Å². The molecule has 2 heterocycles. The first-order chi connectivity index (χ1) is 19.6. The average Bonchev–Trinajstić information content (AvgIpc) is 3.37. The van der Waals surface area contributed by atoms with Gasteiger partial charge in [0.05, 0.1) is 51.8 Å². The van der Waals surface area contributed by atoms with E-state index in [4.69, 9.17) is 23.2 Å². The van der Waals surface area contributed by atoms with Gasteiger partial charge in [-0.3, -0.25) is 24.0 Å². The summed E-state index contributed by atoms with van der Waals surface area (Å²) in [4.78, 5) is 42.9. The Kier molecular flexibility index (Phi) is 9.46. The summed E-state index contributed by atoms with van der Waals surface area (Å²) in [5.41, 5.74) is -2.45. The summed E-state index contributed by atoms with van der Waals surface area (Å²) < 4.78 is 83.9. The first-order valence-corrected chi connectivity index (χ1v) is 13.9. The lowest BCUT2D eigenvalue weighted by molar-refractivity contribution is -0.183. The molecular weight excluding hydrogens is 617 g/mol. The molecule has 2 aromatic heterocycles. The first kappa shape index (κ1) is 32.1. The fraction of sp³-hybridized carbons (Fsp3) is 0.577. The zero-order chi connectivity index (χ0) is 31.0. The van der Waals surface area contributed by atoms with Gasteiger partial charge in [0, 0.05) is 18.4 Å². The van der Waals surface area contributed by atoms with Gasteiger partial charge in [-0.2, -0.15) is 31.4 Å². The van der Waals surface area contributed by atoms with Crippen LogP contribution in [0.2, 0.25) is 10.0 Å². The topological polar surface area (TPSA) is 105 Å². The van der Waals surface area contributed by atoms with Crippen LogP contribution in [-0.2, 0) is 11.0 Å². The maximum atomic E-state index is 14.4. The molecule has 230 valence electrons. The van der Waals surface area contributed by atoms with E-state index in [1.807, 2.05) is 0 Å². The van der Waals surface area contributed by atoms with Crippen LogP contribution >= 0.6 is 23.2 Å². The van der Waals surface area contributed by atoms with E-state index in [-0.39, 0.29) is 67.0 Å². The van der Waals surface area contributed by atoms with Crippen molar-refractivity contribution in [2.24, 2.45) is 11.8 Å². The highest BCUT2D eigenvalue weighted by Crippen LogP contribution is 2.42. The monoisotopic (exact) mass is 642 g/mol. The Morgan fingerprint density at radius 1 is 0.905 bits per heavy atom. The largest absolute Gasteiger partial charge is 0.481 e. The van der Waals surface area contributed by atoms with Crippen molar-refractivity contribution in [2.75, 3.05) is 6.54 Å². The van der Waals surface area contributed by atoms with Gasteiger partial charge in [-0.25, -0.2) is 0 Å². The molecule has 2 saturated carbocycles. The number of halogens is 8. The molecule has 2 fully saturated rings. The number of aromatic nitrogens is 3. The molecule has 0 bridgehead atoms. The number of nitrogens with zero attached hydrogens (tertiary/aromatic N) is 4. The van der Waals surface area contributed by atoms with Crippen LogP contribution in [0.25, 0.3) is 0 Å². The molecule has 0 unspecified atom stereocenters. The summed E-state index contributed by atoms with van der Waals surface area (Å²) in [5.74, 6) is -5.44. The normalized spacial score (nSPS) is 23.4. The summed E-state index contributed by atoms with van der Waals surface area (Å²) in [5, 5.41) is 12.7. The van der Waals surface area contributed by atoms with Crippen molar-refractivity contribution in [3.05, 3.63) is 45.5 Å². The zero-order valence-electron chi connectivity index (χ0n) is 21.9. The molecule has 0 atom stereocenters. The second-order valence-corrected chi connectivity index (χ2v) is 11.4. The highest BCUT2D eigenvalue weighted by molar-refractivity contribution is 6.39. The molecule has 2 aliphatic rings. The zero-order valence-corrected chi connectivity index (χ0v) is 23.4. The number of amides is 1. The molecule has 2 aliphatic carbocycles. The summed E-state index contributed by atoms with van der Waals surface area (Å²) in [6, 6.07) is -1.81. The van der Waals surface area contributed by atoms with Crippen LogP contribution in [0.3, 0.4) is 0 Å². The number of alkyl halides is 6. The Hall–Kier alpha value is -2.87. The van der Waals surface area contributed by atoms with Crippen molar-refractivity contribution in [1.82, 2.24) is 19.7 Å². The molecule has 16 heteroatoms. The predicted octanol–water partition coefficient (Wildman–Crippen LogP) is 6.87. The number of carboxylic acid groups (broad SMARTS) is 1. The van der Waals surface area contributed by atoms with E-state index >= 15 is 0 Å².